The summed E-state index contributed by atoms with van der Waals surface area (Å²) in [6.07, 6.45) is 0.679. The van der Waals surface area contributed by atoms with Crippen LogP contribution < -0.4 is 9.47 Å². The molecule has 0 saturated heterocycles. The highest BCUT2D eigenvalue weighted by Crippen LogP contribution is 2.53. The van der Waals surface area contributed by atoms with Gasteiger partial charge >= 0.3 is 5.97 Å². The van der Waals surface area contributed by atoms with Crippen molar-refractivity contribution in [3.63, 3.8) is 0 Å². The molecule has 1 aliphatic rings. The van der Waals surface area contributed by atoms with Crippen molar-refractivity contribution >= 4 is 58.1 Å². The third-order valence-electron chi connectivity index (χ3n) is 4.58. The molecule has 1 saturated carbocycles. The van der Waals surface area contributed by atoms with Gasteiger partial charge in [0, 0.05) is 23.6 Å². The number of carbonyl (C=O) groups is 1. The standard InChI is InChI=1S/C21H19Cl4NO5/c1-28-20(27)18(26-29-2)15-6-4-3-5-12(15)10-31-19-16(22)7-14(8-17(19)23)30-11-13-9-21(13,24)25/h3-8,13H,9-11H2,1-2H3. The molecule has 31 heavy (non-hydrogen) atoms. The fourth-order valence-corrected chi connectivity index (χ4v) is 3.89. The van der Waals surface area contributed by atoms with Crippen LogP contribution in [0, 0.1) is 5.92 Å². The number of alkyl halides is 2. The smallest absolute Gasteiger partial charge is 0.360 e. The van der Waals surface area contributed by atoms with Gasteiger partial charge in [0.05, 0.1) is 23.8 Å². The molecule has 1 aliphatic carbocycles. The van der Waals surface area contributed by atoms with Gasteiger partial charge in [0.15, 0.2) is 11.5 Å². The van der Waals surface area contributed by atoms with E-state index in [4.69, 9.17) is 65.5 Å². The largest absolute Gasteiger partial charge is 0.493 e. The molecule has 10 heteroatoms. The van der Waals surface area contributed by atoms with E-state index in [-0.39, 0.29) is 34.0 Å². The lowest BCUT2D eigenvalue weighted by Crippen LogP contribution is -2.19. The lowest BCUT2D eigenvalue weighted by atomic mass is 10.0. The van der Waals surface area contributed by atoms with E-state index >= 15 is 0 Å². The highest BCUT2D eigenvalue weighted by atomic mass is 35.5. The summed E-state index contributed by atoms with van der Waals surface area (Å²) in [6, 6.07) is 10.3. The second-order valence-corrected chi connectivity index (χ2v) is 9.11. The molecule has 1 unspecified atom stereocenters. The van der Waals surface area contributed by atoms with Crippen molar-refractivity contribution in [3.05, 3.63) is 57.6 Å². The molecule has 166 valence electrons. The fraction of sp³-hybridized carbons (Fsp3) is 0.333. The summed E-state index contributed by atoms with van der Waals surface area (Å²) in [5.41, 5.74) is 1.17. The first-order valence-corrected chi connectivity index (χ1v) is 10.7. The van der Waals surface area contributed by atoms with Crippen molar-refractivity contribution in [2.75, 3.05) is 20.8 Å². The topological polar surface area (TPSA) is 66.4 Å². The van der Waals surface area contributed by atoms with E-state index in [2.05, 4.69) is 5.16 Å². The van der Waals surface area contributed by atoms with Gasteiger partial charge < -0.3 is 19.0 Å². The van der Waals surface area contributed by atoms with Crippen molar-refractivity contribution in [1.82, 2.24) is 0 Å². The van der Waals surface area contributed by atoms with Gasteiger partial charge in [-0.15, -0.1) is 23.2 Å². The molecule has 0 amide bonds. The summed E-state index contributed by atoms with van der Waals surface area (Å²) >= 11 is 24.7. The first-order chi connectivity index (χ1) is 14.8. The number of halogens is 4. The Bertz CT molecular complexity index is 972. The molecule has 0 spiro atoms. The Morgan fingerprint density at radius 1 is 1.13 bits per heavy atom. The van der Waals surface area contributed by atoms with Crippen LogP contribution in [0.15, 0.2) is 41.6 Å². The van der Waals surface area contributed by atoms with Gasteiger partial charge in [-0.2, -0.15) is 0 Å². The summed E-state index contributed by atoms with van der Waals surface area (Å²) in [6.45, 7) is 0.432. The average molecular weight is 507 g/mol. The molecule has 1 fully saturated rings. The maximum absolute atomic E-state index is 12.1. The number of ether oxygens (including phenoxy) is 3. The molecular formula is C21H19Cl4NO5. The number of hydrogen-bond donors (Lipinski definition) is 0. The lowest BCUT2D eigenvalue weighted by molar-refractivity contribution is -0.132. The van der Waals surface area contributed by atoms with Gasteiger partial charge in [0.25, 0.3) is 0 Å². The van der Waals surface area contributed by atoms with Crippen LogP contribution in [0.1, 0.15) is 17.5 Å². The van der Waals surface area contributed by atoms with Crippen LogP contribution in [0.2, 0.25) is 10.0 Å². The third kappa shape index (κ3) is 5.89. The van der Waals surface area contributed by atoms with E-state index in [1.54, 1.807) is 36.4 Å². The Labute approximate surface area is 199 Å². The van der Waals surface area contributed by atoms with E-state index in [1.165, 1.54) is 14.2 Å². The van der Waals surface area contributed by atoms with Crippen molar-refractivity contribution in [3.8, 4) is 11.5 Å². The predicted octanol–water partition coefficient (Wildman–Crippen LogP) is 5.67. The first-order valence-electron chi connectivity index (χ1n) is 9.17. The maximum Gasteiger partial charge on any atom is 0.360 e. The van der Waals surface area contributed by atoms with Gasteiger partial charge in [-0.1, -0.05) is 52.6 Å². The molecule has 1 atom stereocenters. The number of esters is 1. The molecule has 3 rings (SSSR count). The fourth-order valence-electron chi connectivity index (χ4n) is 2.82. The number of oxime groups is 1. The summed E-state index contributed by atoms with van der Waals surface area (Å²) in [5, 5.41) is 4.33. The van der Waals surface area contributed by atoms with Gasteiger partial charge in [-0.05, 0) is 12.0 Å². The normalized spacial score (nSPS) is 17.1. The van der Waals surface area contributed by atoms with E-state index in [9.17, 15) is 4.79 Å². The number of carbonyl (C=O) groups excluding carboxylic acids is 1. The molecule has 0 heterocycles. The minimum absolute atomic E-state index is 0.0138. The minimum Gasteiger partial charge on any atom is -0.493 e. The van der Waals surface area contributed by atoms with Crippen molar-refractivity contribution in [2.24, 2.45) is 11.1 Å². The van der Waals surface area contributed by atoms with Gasteiger partial charge in [0.1, 0.15) is 23.8 Å². The van der Waals surface area contributed by atoms with E-state index in [0.29, 0.717) is 29.9 Å². The zero-order chi connectivity index (χ0) is 22.6. The number of benzene rings is 2. The summed E-state index contributed by atoms with van der Waals surface area (Å²) in [5.74, 6) is 0.197. The summed E-state index contributed by atoms with van der Waals surface area (Å²) < 4.78 is 15.6. The quantitative estimate of drug-likeness (QED) is 0.190. The predicted molar refractivity (Wildman–Crippen MR) is 121 cm³/mol. The highest BCUT2D eigenvalue weighted by molar-refractivity contribution is 6.50. The molecule has 2 aromatic rings. The van der Waals surface area contributed by atoms with Crippen molar-refractivity contribution in [2.45, 2.75) is 17.4 Å². The third-order valence-corrected chi connectivity index (χ3v) is 6.07. The minimum atomic E-state index is -0.723. The Hall–Kier alpha value is -1.86. The number of hydrogen-bond acceptors (Lipinski definition) is 6. The number of methoxy groups -OCH3 is 1. The monoisotopic (exact) mass is 505 g/mol. The summed E-state index contributed by atoms with van der Waals surface area (Å²) in [7, 11) is 2.61. The molecule has 6 nitrogen and oxygen atoms in total. The van der Waals surface area contributed by atoms with Crippen LogP contribution in [-0.4, -0.2) is 36.8 Å². The lowest BCUT2D eigenvalue weighted by Gasteiger charge is -2.15. The maximum atomic E-state index is 12.1. The molecule has 0 bridgehead atoms. The summed E-state index contributed by atoms with van der Waals surface area (Å²) in [4.78, 5) is 16.9. The van der Waals surface area contributed by atoms with E-state index in [0.717, 1.165) is 0 Å². The van der Waals surface area contributed by atoms with Crippen LogP contribution >= 0.6 is 46.4 Å². The molecule has 0 aliphatic heterocycles. The van der Waals surface area contributed by atoms with Crippen LogP contribution in [0.5, 0.6) is 11.5 Å². The van der Waals surface area contributed by atoms with Crippen LogP contribution in [-0.2, 0) is 21.0 Å². The average Bonchev–Trinajstić information content (AvgIpc) is 3.36. The SMILES string of the molecule is CON=C(C(=O)OC)c1ccccc1COc1c(Cl)cc(OCC2CC2(Cl)Cl)cc1Cl. The second-order valence-electron chi connectivity index (χ2n) is 6.75. The van der Waals surface area contributed by atoms with Crippen molar-refractivity contribution < 1.29 is 23.8 Å². The van der Waals surface area contributed by atoms with Crippen LogP contribution in [0.25, 0.3) is 0 Å². The van der Waals surface area contributed by atoms with Gasteiger partial charge in [-0.3, -0.25) is 0 Å². The van der Waals surface area contributed by atoms with Crippen LogP contribution in [0.4, 0.5) is 0 Å². The molecule has 0 aromatic heterocycles. The Morgan fingerprint density at radius 3 is 2.35 bits per heavy atom. The molecular weight excluding hydrogens is 488 g/mol. The Kier molecular flexibility index (Phi) is 7.81. The zero-order valence-corrected chi connectivity index (χ0v) is 19.7. The van der Waals surface area contributed by atoms with E-state index < -0.39 is 10.3 Å². The van der Waals surface area contributed by atoms with E-state index in [1.807, 2.05) is 0 Å². The second kappa shape index (κ2) is 10.2. The van der Waals surface area contributed by atoms with Gasteiger partial charge in [0.2, 0.25) is 0 Å². The molecule has 2 aromatic carbocycles. The Morgan fingerprint density at radius 2 is 1.77 bits per heavy atom. The highest BCUT2D eigenvalue weighted by Gasteiger charge is 2.52. The number of nitrogens with zero attached hydrogens (tertiary/aromatic N) is 1. The molecule has 0 N–H and O–H groups in total. The number of rotatable bonds is 9. The zero-order valence-electron chi connectivity index (χ0n) is 16.7. The Balaban J connectivity index is 1.74. The first kappa shape index (κ1) is 23.8. The van der Waals surface area contributed by atoms with Gasteiger partial charge in [-0.25, -0.2) is 4.79 Å². The molecule has 0 radical (unpaired) electrons. The van der Waals surface area contributed by atoms with Crippen LogP contribution in [0.3, 0.4) is 0 Å². The van der Waals surface area contributed by atoms with Crippen molar-refractivity contribution in [1.29, 1.82) is 0 Å².